The van der Waals surface area contributed by atoms with Crippen LogP contribution in [-0.2, 0) is 33.3 Å². The number of esters is 2. The van der Waals surface area contributed by atoms with Gasteiger partial charge in [0.1, 0.15) is 6.10 Å². The molecule has 0 aromatic heterocycles. The molecule has 1 atom stereocenters. The van der Waals surface area contributed by atoms with Crippen molar-refractivity contribution in [2.24, 2.45) is 5.73 Å². The summed E-state index contributed by atoms with van der Waals surface area (Å²) in [6.45, 7) is 0.711. The maximum atomic E-state index is 12.7. The Morgan fingerprint density at radius 1 is 1.00 bits per heavy atom. The Labute approximate surface area is 152 Å². The second-order valence-electron chi connectivity index (χ2n) is 6.01. The van der Waals surface area contributed by atoms with E-state index in [1.54, 1.807) is 24.3 Å². The SMILES string of the molecule is NC[C@H]1CN(c2ccc(N3CCOC4(OC(=O)C(=O)O4)C3=O)cc2)C(=O)O1. The van der Waals surface area contributed by atoms with Crippen LogP contribution in [0.25, 0.3) is 0 Å². The molecule has 3 saturated heterocycles. The minimum atomic E-state index is -2.38. The molecule has 3 aliphatic heterocycles. The molecule has 4 rings (SSSR count). The molecule has 1 aromatic rings. The maximum absolute atomic E-state index is 12.7. The van der Waals surface area contributed by atoms with E-state index in [-0.39, 0.29) is 25.8 Å². The van der Waals surface area contributed by atoms with Crippen LogP contribution in [0.1, 0.15) is 0 Å². The molecule has 3 aliphatic rings. The molecule has 1 aromatic carbocycles. The average molecular weight is 377 g/mol. The highest BCUT2D eigenvalue weighted by atomic mass is 16.9. The van der Waals surface area contributed by atoms with E-state index in [9.17, 15) is 19.2 Å². The lowest BCUT2D eigenvalue weighted by Gasteiger charge is -2.35. The number of ether oxygens (including phenoxy) is 4. The molecule has 0 aliphatic carbocycles. The van der Waals surface area contributed by atoms with E-state index in [1.165, 1.54) is 9.80 Å². The number of rotatable bonds is 3. The van der Waals surface area contributed by atoms with E-state index in [1.807, 2.05) is 0 Å². The van der Waals surface area contributed by atoms with E-state index in [2.05, 4.69) is 0 Å². The number of hydrogen-bond donors (Lipinski definition) is 1. The summed E-state index contributed by atoms with van der Waals surface area (Å²) < 4.78 is 19.6. The van der Waals surface area contributed by atoms with E-state index >= 15 is 0 Å². The Balaban J connectivity index is 1.54. The zero-order valence-electron chi connectivity index (χ0n) is 14.0. The Bertz CT molecular complexity index is 807. The standard InChI is InChI=1S/C16H15N3O8/c17-7-11-8-19(15(23)25-11)10-3-1-9(2-4-10)18-5-6-24-16(14(18)22)26-12(20)13(21)27-16/h1-4,11H,5-8,17H2/t11-/m0/s1. The summed E-state index contributed by atoms with van der Waals surface area (Å²) in [7, 11) is 0. The summed E-state index contributed by atoms with van der Waals surface area (Å²) in [4.78, 5) is 49.9. The van der Waals surface area contributed by atoms with Gasteiger partial charge in [0, 0.05) is 17.9 Å². The van der Waals surface area contributed by atoms with Crippen molar-refractivity contribution in [2.75, 3.05) is 36.0 Å². The van der Waals surface area contributed by atoms with Gasteiger partial charge in [0.25, 0.3) is 0 Å². The van der Waals surface area contributed by atoms with E-state index in [0.717, 1.165) is 0 Å². The lowest BCUT2D eigenvalue weighted by molar-refractivity contribution is -0.300. The fourth-order valence-electron chi connectivity index (χ4n) is 3.01. The van der Waals surface area contributed by atoms with Crippen LogP contribution in [0.4, 0.5) is 16.2 Å². The van der Waals surface area contributed by atoms with Crippen LogP contribution < -0.4 is 15.5 Å². The van der Waals surface area contributed by atoms with Gasteiger partial charge < -0.3 is 24.8 Å². The summed E-state index contributed by atoms with van der Waals surface area (Å²) in [6.07, 6.45) is -0.867. The molecular weight excluding hydrogens is 362 g/mol. The van der Waals surface area contributed by atoms with Crippen molar-refractivity contribution >= 4 is 35.3 Å². The quantitative estimate of drug-likeness (QED) is 0.524. The molecule has 2 N–H and O–H groups in total. The van der Waals surface area contributed by atoms with Gasteiger partial charge in [-0.3, -0.25) is 14.4 Å². The molecule has 27 heavy (non-hydrogen) atoms. The average Bonchev–Trinajstić information content (AvgIpc) is 3.18. The lowest BCUT2D eigenvalue weighted by Crippen LogP contribution is -2.58. The molecule has 0 bridgehead atoms. The van der Waals surface area contributed by atoms with Gasteiger partial charge in [-0.1, -0.05) is 0 Å². The van der Waals surface area contributed by atoms with Gasteiger partial charge in [0.15, 0.2) is 0 Å². The first-order valence-electron chi connectivity index (χ1n) is 8.14. The molecule has 0 radical (unpaired) electrons. The second kappa shape index (κ2) is 6.21. The highest BCUT2D eigenvalue weighted by Gasteiger charge is 2.60. The van der Waals surface area contributed by atoms with Gasteiger partial charge in [-0.05, 0) is 24.3 Å². The zero-order valence-corrected chi connectivity index (χ0v) is 14.0. The van der Waals surface area contributed by atoms with Crippen molar-refractivity contribution in [3.05, 3.63) is 24.3 Å². The molecule has 1 spiro atoms. The summed E-state index contributed by atoms with van der Waals surface area (Å²) in [5, 5.41) is 0. The fraction of sp³-hybridized carbons (Fsp3) is 0.375. The number of benzene rings is 1. The predicted octanol–water partition coefficient (Wildman–Crippen LogP) is -0.913. The number of nitrogens with zero attached hydrogens (tertiary/aromatic N) is 2. The molecule has 3 fully saturated rings. The first kappa shape index (κ1) is 17.2. The van der Waals surface area contributed by atoms with E-state index in [4.69, 9.17) is 24.7 Å². The van der Waals surface area contributed by atoms with Crippen molar-refractivity contribution in [3.8, 4) is 0 Å². The van der Waals surface area contributed by atoms with Crippen LogP contribution in [0.15, 0.2) is 24.3 Å². The number of cyclic esters (lactones) is 1. The maximum Gasteiger partial charge on any atom is 0.463 e. The van der Waals surface area contributed by atoms with Crippen LogP contribution >= 0.6 is 0 Å². The van der Waals surface area contributed by atoms with Crippen molar-refractivity contribution in [1.29, 1.82) is 0 Å². The van der Waals surface area contributed by atoms with Gasteiger partial charge in [0.05, 0.1) is 19.7 Å². The fourth-order valence-corrected chi connectivity index (χ4v) is 3.01. The lowest BCUT2D eigenvalue weighted by atomic mass is 10.2. The normalized spacial score (nSPS) is 24.3. The van der Waals surface area contributed by atoms with Crippen LogP contribution in [0.3, 0.4) is 0 Å². The summed E-state index contributed by atoms with van der Waals surface area (Å²) >= 11 is 0. The number of amides is 2. The number of carbonyl (C=O) groups is 4. The highest BCUT2D eigenvalue weighted by molar-refractivity contribution is 6.32. The third-order valence-electron chi connectivity index (χ3n) is 4.34. The number of anilines is 2. The second-order valence-corrected chi connectivity index (χ2v) is 6.01. The number of nitrogens with two attached hydrogens (primary N) is 1. The van der Waals surface area contributed by atoms with Gasteiger partial charge in [0.2, 0.25) is 0 Å². The summed E-state index contributed by atoms with van der Waals surface area (Å²) in [5.74, 6) is -5.78. The first-order chi connectivity index (χ1) is 12.9. The van der Waals surface area contributed by atoms with Crippen molar-refractivity contribution in [3.63, 3.8) is 0 Å². The van der Waals surface area contributed by atoms with Crippen LogP contribution in [0.2, 0.25) is 0 Å². The third-order valence-corrected chi connectivity index (χ3v) is 4.34. The minimum absolute atomic E-state index is 0.00924. The van der Waals surface area contributed by atoms with Crippen LogP contribution in [0.5, 0.6) is 0 Å². The van der Waals surface area contributed by atoms with Crippen LogP contribution in [-0.4, -0.2) is 62.3 Å². The Morgan fingerprint density at radius 2 is 1.59 bits per heavy atom. The molecule has 0 unspecified atom stereocenters. The number of morpholine rings is 1. The topological polar surface area (TPSA) is 138 Å². The van der Waals surface area contributed by atoms with Gasteiger partial charge in [-0.2, -0.15) is 0 Å². The first-order valence-corrected chi connectivity index (χ1v) is 8.14. The molecule has 11 nitrogen and oxygen atoms in total. The van der Waals surface area contributed by atoms with Gasteiger partial charge in [-0.25, -0.2) is 14.4 Å². The largest absolute Gasteiger partial charge is 0.463 e. The molecule has 2 amide bonds. The Kier molecular flexibility index (Phi) is 3.97. The van der Waals surface area contributed by atoms with Crippen molar-refractivity contribution in [1.82, 2.24) is 0 Å². The van der Waals surface area contributed by atoms with E-state index in [0.29, 0.717) is 17.9 Å². The van der Waals surface area contributed by atoms with Crippen molar-refractivity contribution < 1.29 is 38.1 Å². The van der Waals surface area contributed by atoms with Gasteiger partial charge in [-0.15, -0.1) is 0 Å². The van der Waals surface area contributed by atoms with Crippen molar-refractivity contribution in [2.45, 2.75) is 12.1 Å². The third kappa shape index (κ3) is 2.76. The molecule has 142 valence electrons. The molecule has 3 heterocycles. The monoisotopic (exact) mass is 377 g/mol. The van der Waals surface area contributed by atoms with Gasteiger partial charge >= 0.3 is 29.9 Å². The van der Waals surface area contributed by atoms with E-state index < -0.39 is 29.9 Å². The molecule has 11 heteroatoms. The van der Waals surface area contributed by atoms with Crippen LogP contribution in [0, 0.1) is 0 Å². The Morgan fingerprint density at radius 3 is 2.15 bits per heavy atom. The molecule has 0 saturated carbocycles. The molecular formula is C16H15N3O8. The Hall–Kier alpha value is -3.18. The smallest absolute Gasteiger partial charge is 0.443 e. The summed E-state index contributed by atoms with van der Waals surface area (Å²) in [6, 6.07) is 6.48. The zero-order chi connectivity index (χ0) is 19.2. The minimum Gasteiger partial charge on any atom is -0.443 e. The number of carbonyl (C=O) groups excluding carboxylic acids is 4. The predicted molar refractivity (Wildman–Crippen MR) is 86.3 cm³/mol. The highest BCUT2D eigenvalue weighted by Crippen LogP contribution is 2.32. The summed E-state index contributed by atoms with van der Waals surface area (Å²) in [5.41, 5.74) is 6.55. The number of hydrogen-bond acceptors (Lipinski definition) is 9.